The highest BCUT2D eigenvalue weighted by molar-refractivity contribution is 14.1. The highest BCUT2D eigenvalue weighted by Gasteiger charge is 2.21. The van der Waals surface area contributed by atoms with E-state index in [2.05, 4.69) is 54.9 Å². The van der Waals surface area contributed by atoms with Gasteiger partial charge in [0.25, 0.3) is 0 Å². The number of methoxy groups -OCH3 is 1. The molecule has 0 aliphatic carbocycles. The Morgan fingerprint density at radius 2 is 1.97 bits per heavy atom. The van der Waals surface area contributed by atoms with Crippen LogP contribution in [0.1, 0.15) is 25.3 Å². The second-order valence-electron chi connectivity index (χ2n) is 6.80. The summed E-state index contributed by atoms with van der Waals surface area (Å²) in [4.78, 5) is 10.6. The Balaban J connectivity index is 1.59. The van der Waals surface area contributed by atoms with Crippen LogP contribution in [0, 0.1) is 3.57 Å². The topological polar surface area (TPSA) is 68.7 Å². The van der Waals surface area contributed by atoms with Crippen molar-refractivity contribution in [2.45, 2.75) is 32.4 Å². The number of anilines is 1. The van der Waals surface area contributed by atoms with E-state index in [1.54, 1.807) is 13.3 Å². The van der Waals surface area contributed by atoms with Crippen LogP contribution in [0.3, 0.4) is 0 Å². The van der Waals surface area contributed by atoms with Gasteiger partial charge >= 0.3 is 0 Å². The lowest BCUT2D eigenvalue weighted by molar-refractivity contribution is 0.0501. The van der Waals surface area contributed by atoms with Crippen LogP contribution in [0.4, 0.5) is 5.82 Å². The van der Waals surface area contributed by atoms with E-state index in [4.69, 9.17) is 25.8 Å². The number of hydrogen-bond donors (Lipinski definition) is 1. The molecule has 1 aromatic heterocycles. The number of likely N-dealkylation sites (tertiary alicyclic amines) is 1. The molecule has 1 N–H and O–H groups in total. The molecule has 1 aromatic carbocycles. The molecule has 0 saturated carbocycles. The van der Waals surface area contributed by atoms with Gasteiger partial charge in [-0.3, -0.25) is 4.90 Å². The number of nitrogens with one attached hydrogen (secondary N) is 1. The molecular weight excluding hydrogens is 507 g/mol. The SMILES string of the molecule is CCOc1cc(CN2CCC(Nc3ccnc(Cl)n3)CC2)cc(OCOC)c1I. The average molecular weight is 533 g/mol. The van der Waals surface area contributed by atoms with Gasteiger partial charge in [0.2, 0.25) is 5.28 Å². The molecule has 9 heteroatoms. The molecule has 0 bridgehead atoms. The van der Waals surface area contributed by atoms with Crippen molar-refractivity contribution in [3.63, 3.8) is 0 Å². The molecular formula is C20H26ClIN4O3. The summed E-state index contributed by atoms with van der Waals surface area (Å²) in [5, 5.41) is 3.72. The zero-order chi connectivity index (χ0) is 20.6. The number of hydrogen-bond acceptors (Lipinski definition) is 7. The molecule has 2 aromatic rings. The lowest BCUT2D eigenvalue weighted by atomic mass is 10.0. The third kappa shape index (κ3) is 6.56. The summed E-state index contributed by atoms with van der Waals surface area (Å²) in [6.07, 6.45) is 3.75. The lowest BCUT2D eigenvalue weighted by Crippen LogP contribution is -2.38. The molecule has 3 rings (SSSR count). The number of rotatable bonds is 9. The zero-order valence-corrected chi connectivity index (χ0v) is 19.6. The van der Waals surface area contributed by atoms with E-state index < -0.39 is 0 Å². The quantitative estimate of drug-likeness (QED) is 0.295. The summed E-state index contributed by atoms with van der Waals surface area (Å²) >= 11 is 8.13. The normalized spacial score (nSPS) is 15.3. The fourth-order valence-corrected chi connectivity index (χ4v) is 4.09. The maximum Gasteiger partial charge on any atom is 0.224 e. The summed E-state index contributed by atoms with van der Waals surface area (Å²) in [6.45, 7) is 5.68. The summed E-state index contributed by atoms with van der Waals surface area (Å²) in [7, 11) is 1.62. The highest BCUT2D eigenvalue weighted by Crippen LogP contribution is 2.33. The molecule has 0 radical (unpaired) electrons. The fraction of sp³-hybridized carbons (Fsp3) is 0.500. The molecule has 2 heterocycles. The molecule has 7 nitrogen and oxygen atoms in total. The number of halogens is 2. The van der Waals surface area contributed by atoms with E-state index in [-0.39, 0.29) is 12.1 Å². The largest absolute Gasteiger partial charge is 0.493 e. The van der Waals surface area contributed by atoms with E-state index >= 15 is 0 Å². The Morgan fingerprint density at radius 1 is 1.24 bits per heavy atom. The first kappa shape index (κ1) is 22.3. The third-order valence-corrected chi connectivity index (χ3v) is 5.92. The Labute approximate surface area is 190 Å². The number of piperidine rings is 1. The minimum atomic E-state index is 0.217. The van der Waals surface area contributed by atoms with Crippen LogP contribution >= 0.6 is 34.2 Å². The Hall–Kier alpha value is -1.36. The number of nitrogens with zero attached hydrogens (tertiary/aromatic N) is 3. The van der Waals surface area contributed by atoms with Crippen molar-refractivity contribution < 1.29 is 14.2 Å². The highest BCUT2D eigenvalue weighted by atomic mass is 127. The molecule has 1 saturated heterocycles. The van der Waals surface area contributed by atoms with Gasteiger partial charge in [0.1, 0.15) is 17.3 Å². The van der Waals surface area contributed by atoms with Crippen molar-refractivity contribution in [3.8, 4) is 11.5 Å². The van der Waals surface area contributed by atoms with Crippen molar-refractivity contribution in [2.24, 2.45) is 0 Å². The Kier molecular flexibility index (Phi) is 8.58. The van der Waals surface area contributed by atoms with Gasteiger partial charge in [-0.2, -0.15) is 0 Å². The first-order valence-electron chi connectivity index (χ1n) is 9.63. The molecule has 1 aliphatic heterocycles. The Bertz CT molecular complexity index is 803. The molecule has 0 atom stereocenters. The maximum absolute atomic E-state index is 5.87. The second-order valence-corrected chi connectivity index (χ2v) is 8.21. The molecule has 1 aliphatic rings. The van der Waals surface area contributed by atoms with Crippen molar-refractivity contribution in [1.82, 2.24) is 14.9 Å². The van der Waals surface area contributed by atoms with Crippen molar-refractivity contribution in [2.75, 3.05) is 38.9 Å². The third-order valence-electron chi connectivity index (χ3n) is 4.67. The van der Waals surface area contributed by atoms with Gasteiger partial charge in [-0.25, -0.2) is 9.97 Å². The number of aromatic nitrogens is 2. The minimum Gasteiger partial charge on any atom is -0.493 e. The molecule has 29 heavy (non-hydrogen) atoms. The summed E-state index contributed by atoms with van der Waals surface area (Å²) in [6, 6.07) is 6.42. The zero-order valence-electron chi connectivity index (χ0n) is 16.7. The molecule has 0 amide bonds. The van der Waals surface area contributed by atoms with Crippen LogP contribution in [-0.4, -0.2) is 54.5 Å². The van der Waals surface area contributed by atoms with E-state index in [0.717, 1.165) is 53.4 Å². The molecule has 1 fully saturated rings. The van der Waals surface area contributed by atoms with Crippen molar-refractivity contribution >= 4 is 40.0 Å². The minimum absolute atomic E-state index is 0.217. The van der Waals surface area contributed by atoms with Crippen LogP contribution in [0.5, 0.6) is 11.5 Å². The number of ether oxygens (including phenoxy) is 3. The fourth-order valence-electron chi connectivity index (χ4n) is 3.32. The first-order valence-corrected chi connectivity index (χ1v) is 11.1. The predicted octanol–water partition coefficient (Wildman–Crippen LogP) is 4.19. The van der Waals surface area contributed by atoms with Crippen LogP contribution in [0.15, 0.2) is 24.4 Å². The molecule has 0 spiro atoms. The van der Waals surface area contributed by atoms with Crippen LogP contribution in [0.2, 0.25) is 5.28 Å². The Morgan fingerprint density at radius 3 is 2.62 bits per heavy atom. The van der Waals surface area contributed by atoms with E-state index in [0.29, 0.717) is 12.6 Å². The van der Waals surface area contributed by atoms with Crippen LogP contribution in [-0.2, 0) is 11.3 Å². The number of benzene rings is 1. The monoisotopic (exact) mass is 532 g/mol. The molecule has 0 unspecified atom stereocenters. The van der Waals surface area contributed by atoms with Crippen molar-refractivity contribution in [3.05, 3.63) is 38.8 Å². The standard InChI is InChI=1S/C20H26ClIN4O3/c1-3-28-16-10-14(11-17(19(16)22)29-13-27-2)12-26-8-5-15(6-9-26)24-18-4-7-23-20(21)25-18/h4,7,10-11,15H,3,5-6,8-9,12-13H2,1-2H3,(H,23,24,25). The van der Waals surface area contributed by atoms with Gasteiger partial charge < -0.3 is 19.5 Å². The van der Waals surface area contributed by atoms with Gasteiger partial charge in [0.05, 0.1) is 10.2 Å². The van der Waals surface area contributed by atoms with Crippen LogP contribution < -0.4 is 14.8 Å². The first-order chi connectivity index (χ1) is 14.1. The summed E-state index contributed by atoms with van der Waals surface area (Å²) < 4.78 is 17.6. The van der Waals surface area contributed by atoms with E-state index in [1.165, 1.54) is 5.56 Å². The lowest BCUT2D eigenvalue weighted by Gasteiger charge is -2.32. The van der Waals surface area contributed by atoms with Crippen LogP contribution in [0.25, 0.3) is 0 Å². The van der Waals surface area contributed by atoms with Crippen molar-refractivity contribution in [1.29, 1.82) is 0 Å². The van der Waals surface area contributed by atoms with Gasteiger partial charge in [-0.1, -0.05) is 0 Å². The second kappa shape index (κ2) is 11.1. The van der Waals surface area contributed by atoms with E-state index in [1.807, 2.05) is 13.0 Å². The average Bonchev–Trinajstić information content (AvgIpc) is 2.71. The smallest absolute Gasteiger partial charge is 0.224 e. The predicted molar refractivity (Wildman–Crippen MR) is 122 cm³/mol. The van der Waals surface area contributed by atoms with Gasteiger partial charge in [-0.15, -0.1) is 0 Å². The molecule has 158 valence electrons. The van der Waals surface area contributed by atoms with E-state index in [9.17, 15) is 0 Å². The maximum atomic E-state index is 5.87. The van der Waals surface area contributed by atoms with Gasteiger partial charge in [0, 0.05) is 39.0 Å². The summed E-state index contributed by atoms with van der Waals surface area (Å²) in [5.41, 5.74) is 1.17. The summed E-state index contributed by atoms with van der Waals surface area (Å²) in [5.74, 6) is 2.43. The van der Waals surface area contributed by atoms with Gasteiger partial charge in [-0.05, 0) is 77.7 Å². The van der Waals surface area contributed by atoms with Gasteiger partial charge in [0.15, 0.2) is 6.79 Å².